The number of aliphatic hydroxyl groups excluding tert-OH is 1. The Hall–Kier alpha value is -1.17. The molecule has 0 saturated carbocycles. The molecule has 1 amide bonds. The molecule has 0 unspecified atom stereocenters. The molecule has 1 N–H and O–H groups in total. The first-order valence-electron chi connectivity index (χ1n) is 5.38. The molecule has 1 aromatic rings. The van der Waals surface area contributed by atoms with Gasteiger partial charge in [-0.2, -0.15) is 0 Å². The van der Waals surface area contributed by atoms with E-state index >= 15 is 0 Å². The minimum atomic E-state index is -0.107. The largest absolute Gasteiger partial charge is 0.395 e. The number of thiophene rings is 1. The summed E-state index contributed by atoms with van der Waals surface area (Å²) in [4.78, 5) is 14.4. The summed E-state index contributed by atoms with van der Waals surface area (Å²) in [6.07, 6.45) is 3.31. The monoisotopic (exact) mass is 255 g/mol. The Morgan fingerprint density at radius 3 is 3.00 bits per heavy atom. The normalized spacial score (nSPS) is 10.9. The zero-order valence-electron chi connectivity index (χ0n) is 9.83. The van der Waals surface area contributed by atoms with Crippen LogP contribution in [0.3, 0.4) is 0 Å². The maximum Gasteiger partial charge on any atom is 0.246 e. The highest BCUT2D eigenvalue weighted by Gasteiger charge is 2.09. The van der Waals surface area contributed by atoms with Gasteiger partial charge in [-0.15, -0.1) is 11.3 Å². The molecular weight excluding hydrogens is 238 g/mol. The van der Waals surface area contributed by atoms with Crippen LogP contribution in [0, 0.1) is 0 Å². The quantitative estimate of drug-likeness (QED) is 0.746. The lowest BCUT2D eigenvalue weighted by atomic mass is 10.3. The van der Waals surface area contributed by atoms with Crippen molar-refractivity contribution in [3.05, 3.63) is 28.5 Å². The van der Waals surface area contributed by atoms with Crippen molar-refractivity contribution in [1.29, 1.82) is 0 Å². The van der Waals surface area contributed by atoms with Crippen LogP contribution in [-0.4, -0.2) is 49.3 Å². The zero-order valence-corrected chi connectivity index (χ0v) is 10.7. The van der Waals surface area contributed by atoms with Crippen LogP contribution in [0.1, 0.15) is 4.88 Å². The van der Waals surface area contributed by atoms with Gasteiger partial charge in [0.05, 0.1) is 13.2 Å². The summed E-state index contributed by atoms with van der Waals surface area (Å²) in [6, 6.07) is 3.88. The minimum absolute atomic E-state index is 0.0394. The van der Waals surface area contributed by atoms with Crippen LogP contribution in [-0.2, 0) is 9.53 Å². The van der Waals surface area contributed by atoms with Gasteiger partial charge < -0.3 is 14.7 Å². The van der Waals surface area contributed by atoms with E-state index in [-0.39, 0.29) is 12.5 Å². The Morgan fingerprint density at radius 2 is 2.41 bits per heavy atom. The molecule has 5 heteroatoms. The molecule has 0 aliphatic rings. The minimum Gasteiger partial charge on any atom is -0.395 e. The molecule has 1 heterocycles. The van der Waals surface area contributed by atoms with E-state index in [1.54, 1.807) is 29.4 Å². The third kappa shape index (κ3) is 5.12. The molecule has 0 aliphatic heterocycles. The fraction of sp³-hybridized carbons (Fsp3) is 0.417. The molecule has 0 radical (unpaired) electrons. The summed E-state index contributed by atoms with van der Waals surface area (Å²) in [5, 5.41) is 10.8. The number of rotatable bonds is 7. The summed E-state index contributed by atoms with van der Waals surface area (Å²) in [5.41, 5.74) is 0. The second-order valence-corrected chi connectivity index (χ2v) is 4.37. The highest BCUT2D eigenvalue weighted by molar-refractivity contribution is 7.10. The molecule has 94 valence electrons. The van der Waals surface area contributed by atoms with Crippen molar-refractivity contribution in [1.82, 2.24) is 4.90 Å². The summed E-state index contributed by atoms with van der Waals surface area (Å²) in [6.45, 7) is 1.25. The molecule has 0 aromatic carbocycles. The SMILES string of the molecule is COCCN(CCO)C(=O)/C=C/c1cccs1. The van der Waals surface area contributed by atoms with Gasteiger partial charge >= 0.3 is 0 Å². The highest BCUT2D eigenvalue weighted by Crippen LogP contribution is 2.10. The number of amides is 1. The van der Waals surface area contributed by atoms with E-state index in [1.165, 1.54) is 6.08 Å². The summed E-state index contributed by atoms with van der Waals surface area (Å²) in [7, 11) is 1.59. The van der Waals surface area contributed by atoms with Crippen molar-refractivity contribution in [2.75, 3.05) is 33.4 Å². The number of aliphatic hydroxyl groups is 1. The van der Waals surface area contributed by atoms with Crippen molar-refractivity contribution < 1.29 is 14.6 Å². The number of carbonyl (C=O) groups excluding carboxylic acids is 1. The first kappa shape index (κ1) is 13.9. The Labute approximate surface area is 105 Å². The van der Waals surface area contributed by atoms with E-state index in [2.05, 4.69) is 0 Å². The zero-order chi connectivity index (χ0) is 12.5. The van der Waals surface area contributed by atoms with Crippen LogP contribution in [0.15, 0.2) is 23.6 Å². The second kappa shape index (κ2) is 8.00. The van der Waals surface area contributed by atoms with Crippen LogP contribution in [0.25, 0.3) is 6.08 Å². The van der Waals surface area contributed by atoms with Crippen molar-refractivity contribution in [3.8, 4) is 0 Å². The van der Waals surface area contributed by atoms with Crippen LogP contribution in [0.4, 0.5) is 0 Å². The van der Waals surface area contributed by atoms with E-state index in [4.69, 9.17) is 9.84 Å². The Bertz CT molecular complexity index is 349. The topological polar surface area (TPSA) is 49.8 Å². The maximum absolute atomic E-state index is 11.8. The number of carbonyl (C=O) groups is 1. The second-order valence-electron chi connectivity index (χ2n) is 3.39. The van der Waals surface area contributed by atoms with Crippen LogP contribution in [0.5, 0.6) is 0 Å². The van der Waals surface area contributed by atoms with Crippen molar-refractivity contribution in [2.45, 2.75) is 0 Å². The van der Waals surface area contributed by atoms with Crippen molar-refractivity contribution in [3.63, 3.8) is 0 Å². The van der Waals surface area contributed by atoms with Crippen molar-refractivity contribution >= 4 is 23.3 Å². The van der Waals surface area contributed by atoms with Gasteiger partial charge in [0.15, 0.2) is 0 Å². The summed E-state index contributed by atoms with van der Waals surface area (Å²) >= 11 is 1.58. The number of ether oxygens (including phenoxy) is 1. The molecule has 4 nitrogen and oxygen atoms in total. The number of hydrogen-bond acceptors (Lipinski definition) is 4. The molecule has 1 aromatic heterocycles. The predicted molar refractivity (Wildman–Crippen MR) is 68.9 cm³/mol. The van der Waals surface area contributed by atoms with Gasteiger partial charge in [-0.1, -0.05) is 6.07 Å². The van der Waals surface area contributed by atoms with Gasteiger partial charge in [-0.05, 0) is 17.5 Å². The average molecular weight is 255 g/mol. The molecule has 17 heavy (non-hydrogen) atoms. The maximum atomic E-state index is 11.8. The van der Waals surface area contributed by atoms with E-state index in [9.17, 15) is 4.79 Å². The first-order valence-corrected chi connectivity index (χ1v) is 6.26. The van der Waals surface area contributed by atoms with E-state index in [1.807, 2.05) is 17.5 Å². The lowest BCUT2D eigenvalue weighted by Gasteiger charge is -2.19. The van der Waals surface area contributed by atoms with Gasteiger partial charge in [0.2, 0.25) is 5.91 Å². The molecule has 0 saturated heterocycles. The standard InChI is InChI=1S/C12H17NO3S/c1-16-9-7-13(6-8-14)12(15)5-4-11-3-2-10-17-11/h2-5,10,14H,6-9H2,1H3/b5-4+. The lowest BCUT2D eigenvalue weighted by Crippen LogP contribution is -2.34. The molecule has 0 atom stereocenters. The fourth-order valence-electron chi connectivity index (χ4n) is 1.30. The smallest absolute Gasteiger partial charge is 0.246 e. The Kier molecular flexibility index (Phi) is 6.54. The average Bonchev–Trinajstić information content (AvgIpc) is 2.84. The molecule has 0 bridgehead atoms. The Balaban J connectivity index is 2.52. The molecular formula is C12H17NO3S. The van der Waals surface area contributed by atoms with Gasteiger partial charge in [0.1, 0.15) is 0 Å². The highest BCUT2D eigenvalue weighted by atomic mass is 32.1. The molecule has 0 spiro atoms. The fourth-order valence-corrected chi connectivity index (χ4v) is 1.92. The number of hydrogen-bond donors (Lipinski definition) is 1. The third-order valence-corrected chi connectivity index (χ3v) is 3.02. The number of nitrogens with zero attached hydrogens (tertiary/aromatic N) is 1. The van der Waals surface area contributed by atoms with E-state index in [0.717, 1.165) is 4.88 Å². The van der Waals surface area contributed by atoms with Gasteiger partial charge in [-0.3, -0.25) is 4.79 Å². The molecule has 1 rings (SSSR count). The van der Waals surface area contributed by atoms with E-state index in [0.29, 0.717) is 19.7 Å². The molecule has 0 aliphatic carbocycles. The lowest BCUT2D eigenvalue weighted by molar-refractivity contribution is -0.127. The predicted octanol–water partition coefficient (Wildman–Crippen LogP) is 1.23. The molecule has 0 fully saturated rings. The van der Waals surface area contributed by atoms with E-state index < -0.39 is 0 Å². The van der Waals surface area contributed by atoms with Crippen LogP contribution in [0.2, 0.25) is 0 Å². The van der Waals surface area contributed by atoms with Crippen LogP contribution >= 0.6 is 11.3 Å². The number of methoxy groups -OCH3 is 1. The summed E-state index contributed by atoms with van der Waals surface area (Å²) in [5.74, 6) is -0.107. The van der Waals surface area contributed by atoms with Gasteiger partial charge in [-0.25, -0.2) is 0 Å². The van der Waals surface area contributed by atoms with Crippen LogP contribution < -0.4 is 0 Å². The first-order chi connectivity index (χ1) is 8.27. The Morgan fingerprint density at radius 1 is 1.59 bits per heavy atom. The van der Waals surface area contributed by atoms with Gasteiger partial charge in [0, 0.05) is 31.2 Å². The van der Waals surface area contributed by atoms with Crippen molar-refractivity contribution in [2.24, 2.45) is 0 Å². The van der Waals surface area contributed by atoms with Gasteiger partial charge in [0.25, 0.3) is 0 Å². The third-order valence-electron chi connectivity index (χ3n) is 2.18. The summed E-state index contributed by atoms with van der Waals surface area (Å²) < 4.78 is 4.92.